The van der Waals surface area contributed by atoms with Crippen molar-refractivity contribution in [3.8, 4) is 0 Å². The van der Waals surface area contributed by atoms with Gasteiger partial charge in [-0.05, 0) is 44.2 Å². The molecule has 2 unspecified atom stereocenters. The molecule has 2 heterocycles. The molecule has 2 saturated heterocycles. The molecule has 0 aliphatic carbocycles. The zero-order valence-corrected chi connectivity index (χ0v) is 14.3. The Kier molecular flexibility index (Phi) is 4.42. The molecule has 0 bridgehead atoms. The topological polar surface area (TPSA) is 40.6 Å². The van der Waals surface area contributed by atoms with Gasteiger partial charge in [-0.2, -0.15) is 0 Å². The molecule has 0 saturated carbocycles. The van der Waals surface area contributed by atoms with E-state index in [4.69, 9.17) is 0 Å². The molecule has 4 heteroatoms. The van der Waals surface area contributed by atoms with Gasteiger partial charge in [0.2, 0.25) is 11.8 Å². The Morgan fingerprint density at radius 1 is 1.22 bits per heavy atom. The van der Waals surface area contributed by atoms with Gasteiger partial charge in [0.15, 0.2) is 0 Å². The van der Waals surface area contributed by atoms with E-state index in [9.17, 15) is 9.59 Å². The van der Waals surface area contributed by atoms with Gasteiger partial charge in [-0.15, -0.1) is 0 Å². The smallest absolute Gasteiger partial charge is 0.228 e. The van der Waals surface area contributed by atoms with Crippen LogP contribution in [0.25, 0.3) is 0 Å². The van der Waals surface area contributed by atoms with Crippen molar-refractivity contribution in [3.63, 3.8) is 0 Å². The van der Waals surface area contributed by atoms with E-state index in [2.05, 4.69) is 13.0 Å². The number of rotatable bonds is 2. The molecular weight excluding hydrogens is 288 g/mol. The minimum absolute atomic E-state index is 0.0698. The SMILES string of the molecule is Cc1ccc(N2CC(C(=O)N3CCCC(C)C3)CC2=O)c(C)c1. The van der Waals surface area contributed by atoms with Gasteiger partial charge in [0, 0.05) is 31.7 Å². The minimum Gasteiger partial charge on any atom is -0.342 e. The summed E-state index contributed by atoms with van der Waals surface area (Å²) in [5.41, 5.74) is 3.23. The normalized spacial score (nSPS) is 25.1. The monoisotopic (exact) mass is 314 g/mol. The van der Waals surface area contributed by atoms with E-state index in [0.717, 1.165) is 30.8 Å². The number of carbonyl (C=O) groups excluding carboxylic acids is 2. The summed E-state index contributed by atoms with van der Waals surface area (Å²) < 4.78 is 0. The lowest BCUT2D eigenvalue weighted by molar-refractivity contribution is -0.137. The molecule has 2 amide bonds. The third kappa shape index (κ3) is 3.26. The molecule has 2 fully saturated rings. The molecule has 0 spiro atoms. The number of likely N-dealkylation sites (tertiary alicyclic amines) is 1. The minimum atomic E-state index is -0.187. The highest BCUT2D eigenvalue weighted by molar-refractivity contribution is 6.00. The number of nitrogens with zero attached hydrogens (tertiary/aromatic N) is 2. The summed E-state index contributed by atoms with van der Waals surface area (Å²) in [5.74, 6) is 0.617. The fraction of sp³-hybridized carbons (Fsp3) is 0.579. The zero-order chi connectivity index (χ0) is 16.6. The van der Waals surface area contributed by atoms with E-state index in [-0.39, 0.29) is 17.7 Å². The summed E-state index contributed by atoms with van der Waals surface area (Å²) in [4.78, 5) is 28.9. The van der Waals surface area contributed by atoms with Gasteiger partial charge in [-0.3, -0.25) is 9.59 Å². The first-order valence-electron chi connectivity index (χ1n) is 8.62. The average molecular weight is 314 g/mol. The maximum absolute atomic E-state index is 12.8. The largest absolute Gasteiger partial charge is 0.342 e. The maximum atomic E-state index is 12.8. The highest BCUT2D eigenvalue weighted by Gasteiger charge is 2.38. The van der Waals surface area contributed by atoms with Crippen LogP contribution in [0.5, 0.6) is 0 Å². The Hall–Kier alpha value is -1.84. The van der Waals surface area contributed by atoms with E-state index >= 15 is 0 Å². The van der Waals surface area contributed by atoms with Gasteiger partial charge in [0.1, 0.15) is 0 Å². The first-order valence-corrected chi connectivity index (χ1v) is 8.62. The molecule has 2 atom stereocenters. The average Bonchev–Trinajstić information content (AvgIpc) is 2.88. The standard InChI is InChI=1S/C19H26N2O2/c1-13-6-7-17(15(3)9-13)21-12-16(10-18(21)22)19(23)20-8-4-5-14(2)11-20/h6-7,9,14,16H,4-5,8,10-12H2,1-3H3. The highest BCUT2D eigenvalue weighted by atomic mass is 16.2. The number of anilines is 1. The summed E-state index contributed by atoms with van der Waals surface area (Å²) >= 11 is 0. The summed E-state index contributed by atoms with van der Waals surface area (Å²) in [6.07, 6.45) is 2.62. The Bertz CT molecular complexity index is 626. The Morgan fingerprint density at radius 3 is 2.70 bits per heavy atom. The second kappa shape index (κ2) is 6.34. The van der Waals surface area contributed by atoms with E-state index < -0.39 is 0 Å². The van der Waals surface area contributed by atoms with Crippen molar-refractivity contribution in [2.45, 2.75) is 40.0 Å². The summed E-state index contributed by atoms with van der Waals surface area (Å²) in [5, 5.41) is 0. The Morgan fingerprint density at radius 2 is 2.00 bits per heavy atom. The predicted octanol–water partition coefficient (Wildman–Crippen LogP) is 2.91. The Balaban J connectivity index is 1.73. The van der Waals surface area contributed by atoms with E-state index in [1.54, 1.807) is 4.90 Å². The number of amides is 2. The second-order valence-electron chi connectivity index (χ2n) is 7.23. The van der Waals surface area contributed by atoms with Crippen molar-refractivity contribution in [1.82, 2.24) is 4.90 Å². The summed E-state index contributed by atoms with van der Waals surface area (Å²) in [6, 6.07) is 6.11. The number of benzene rings is 1. The van der Waals surface area contributed by atoms with Crippen molar-refractivity contribution >= 4 is 17.5 Å². The molecule has 4 nitrogen and oxygen atoms in total. The van der Waals surface area contributed by atoms with Crippen LogP contribution < -0.4 is 4.90 Å². The number of hydrogen-bond donors (Lipinski definition) is 0. The molecule has 1 aromatic rings. The highest BCUT2D eigenvalue weighted by Crippen LogP contribution is 2.30. The number of aryl methyl sites for hydroxylation is 2. The summed E-state index contributed by atoms with van der Waals surface area (Å²) in [6.45, 7) is 8.47. The molecule has 23 heavy (non-hydrogen) atoms. The molecule has 2 aliphatic heterocycles. The van der Waals surface area contributed by atoms with Crippen molar-refractivity contribution in [2.24, 2.45) is 11.8 Å². The van der Waals surface area contributed by atoms with Gasteiger partial charge < -0.3 is 9.80 Å². The third-order valence-corrected chi connectivity index (χ3v) is 5.09. The van der Waals surface area contributed by atoms with Crippen LogP contribution in [0.15, 0.2) is 18.2 Å². The van der Waals surface area contributed by atoms with Crippen LogP contribution in [0.1, 0.15) is 37.3 Å². The van der Waals surface area contributed by atoms with Crippen molar-refractivity contribution in [2.75, 3.05) is 24.5 Å². The van der Waals surface area contributed by atoms with Gasteiger partial charge in [-0.25, -0.2) is 0 Å². The first-order chi connectivity index (χ1) is 11.0. The molecule has 0 radical (unpaired) electrons. The molecular formula is C19H26N2O2. The van der Waals surface area contributed by atoms with E-state index in [0.29, 0.717) is 18.9 Å². The van der Waals surface area contributed by atoms with Crippen LogP contribution in [0, 0.1) is 25.7 Å². The second-order valence-corrected chi connectivity index (χ2v) is 7.23. The van der Waals surface area contributed by atoms with Crippen LogP contribution in [-0.2, 0) is 9.59 Å². The van der Waals surface area contributed by atoms with Crippen LogP contribution in [-0.4, -0.2) is 36.3 Å². The van der Waals surface area contributed by atoms with Crippen molar-refractivity contribution in [1.29, 1.82) is 0 Å². The number of hydrogen-bond acceptors (Lipinski definition) is 2. The molecule has 0 N–H and O–H groups in total. The van der Waals surface area contributed by atoms with Gasteiger partial charge in [0.05, 0.1) is 5.92 Å². The lowest BCUT2D eigenvalue weighted by atomic mass is 9.98. The van der Waals surface area contributed by atoms with E-state index in [1.165, 1.54) is 12.0 Å². The Labute approximate surface area is 138 Å². The lowest BCUT2D eigenvalue weighted by Gasteiger charge is -2.32. The lowest BCUT2D eigenvalue weighted by Crippen LogP contribution is -2.43. The molecule has 1 aromatic carbocycles. The molecule has 124 valence electrons. The third-order valence-electron chi connectivity index (χ3n) is 5.09. The fourth-order valence-corrected chi connectivity index (χ4v) is 3.86. The van der Waals surface area contributed by atoms with Crippen molar-refractivity contribution < 1.29 is 9.59 Å². The van der Waals surface area contributed by atoms with Crippen molar-refractivity contribution in [3.05, 3.63) is 29.3 Å². The zero-order valence-electron chi connectivity index (χ0n) is 14.3. The van der Waals surface area contributed by atoms with Gasteiger partial charge in [0.25, 0.3) is 0 Å². The van der Waals surface area contributed by atoms with E-state index in [1.807, 2.05) is 30.9 Å². The summed E-state index contributed by atoms with van der Waals surface area (Å²) in [7, 11) is 0. The van der Waals surface area contributed by atoms with Gasteiger partial charge >= 0.3 is 0 Å². The number of carbonyl (C=O) groups is 2. The predicted molar refractivity (Wildman–Crippen MR) is 91.4 cm³/mol. The first kappa shape index (κ1) is 16.0. The van der Waals surface area contributed by atoms with Crippen LogP contribution in [0.4, 0.5) is 5.69 Å². The quantitative estimate of drug-likeness (QED) is 0.842. The maximum Gasteiger partial charge on any atom is 0.228 e. The fourth-order valence-electron chi connectivity index (χ4n) is 3.86. The van der Waals surface area contributed by atoms with Crippen LogP contribution >= 0.6 is 0 Å². The van der Waals surface area contributed by atoms with Crippen LogP contribution in [0.3, 0.4) is 0 Å². The van der Waals surface area contributed by atoms with Gasteiger partial charge in [-0.1, -0.05) is 24.6 Å². The van der Waals surface area contributed by atoms with Crippen LogP contribution in [0.2, 0.25) is 0 Å². The molecule has 2 aliphatic rings. The number of piperidine rings is 1. The molecule has 3 rings (SSSR count). The molecule has 0 aromatic heterocycles.